The number of rotatable bonds is 3. The molecule has 0 aliphatic rings. The summed E-state index contributed by atoms with van der Waals surface area (Å²) in [6, 6.07) is 19.5. The molecule has 0 aromatic heterocycles. The van der Waals surface area contributed by atoms with Gasteiger partial charge in [0.25, 0.3) is 0 Å². The average molecular weight is 408 g/mol. The van der Waals surface area contributed by atoms with Crippen molar-refractivity contribution in [2.24, 2.45) is 0 Å². The zero-order valence-corrected chi connectivity index (χ0v) is 14.4. The first kappa shape index (κ1) is 14.7. The maximum absolute atomic E-state index is 13.7. The molecule has 0 N–H and O–H groups in total. The highest BCUT2D eigenvalue weighted by molar-refractivity contribution is 9.10. The Morgan fingerprint density at radius 2 is 1.62 bits per heavy atom. The summed E-state index contributed by atoms with van der Waals surface area (Å²) in [4.78, 5) is 0.0995. The number of halogens is 3. The van der Waals surface area contributed by atoms with Gasteiger partial charge in [0.05, 0.1) is 0 Å². The van der Waals surface area contributed by atoms with Crippen LogP contribution in [-0.2, 0) is 6.42 Å². The summed E-state index contributed by atoms with van der Waals surface area (Å²) >= 11 is 7.16. The van der Waals surface area contributed by atoms with E-state index < -0.39 is 0 Å². The number of fused-ring (bicyclic) bond motifs is 1. The van der Waals surface area contributed by atoms with Crippen molar-refractivity contribution in [3.8, 4) is 0 Å². The van der Waals surface area contributed by atoms with Crippen LogP contribution in [0.5, 0.6) is 0 Å². The Kier molecular flexibility index (Phi) is 4.41. The molecule has 0 amide bonds. The number of hydrogen-bond donors (Lipinski definition) is 0. The van der Waals surface area contributed by atoms with Gasteiger partial charge in [0.2, 0.25) is 0 Å². The van der Waals surface area contributed by atoms with Crippen molar-refractivity contribution in [1.82, 2.24) is 0 Å². The summed E-state index contributed by atoms with van der Waals surface area (Å²) in [7, 11) is 0. The summed E-state index contributed by atoms with van der Waals surface area (Å²) in [5.74, 6) is -0.147. The van der Waals surface area contributed by atoms with E-state index >= 15 is 0 Å². The quantitative estimate of drug-likeness (QED) is 0.439. The Balaban J connectivity index is 1.89. The molecule has 1 atom stereocenters. The van der Waals surface area contributed by atoms with Gasteiger partial charge in [0.15, 0.2) is 0 Å². The zero-order chi connectivity index (χ0) is 14.8. The van der Waals surface area contributed by atoms with E-state index in [4.69, 9.17) is 0 Å². The molecular weight excluding hydrogens is 395 g/mol. The molecule has 0 aliphatic heterocycles. The lowest BCUT2D eigenvalue weighted by Crippen LogP contribution is -1.98. The number of benzene rings is 3. The Labute approximate surface area is 140 Å². The fraction of sp³-hybridized carbons (Fsp3) is 0.111. The minimum absolute atomic E-state index is 0.0995. The largest absolute Gasteiger partial charge is 0.207 e. The van der Waals surface area contributed by atoms with Crippen molar-refractivity contribution >= 4 is 42.6 Å². The second-order valence-corrected chi connectivity index (χ2v) is 7.03. The van der Waals surface area contributed by atoms with Gasteiger partial charge in [-0.15, -0.1) is 0 Å². The van der Waals surface area contributed by atoms with Crippen LogP contribution in [0.2, 0.25) is 0 Å². The van der Waals surface area contributed by atoms with Crippen LogP contribution in [0.1, 0.15) is 16.0 Å². The van der Waals surface area contributed by atoms with Crippen LogP contribution >= 0.6 is 31.9 Å². The van der Waals surface area contributed by atoms with Crippen molar-refractivity contribution in [3.63, 3.8) is 0 Å². The van der Waals surface area contributed by atoms with Crippen molar-refractivity contribution in [2.45, 2.75) is 11.2 Å². The average Bonchev–Trinajstić information content (AvgIpc) is 2.49. The van der Waals surface area contributed by atoms with E-state index in [1.807, 2.05) is 18.2 Å². The van der Waals surface area contributed by atoms with Gasteiger partial charge in [-0.1, -0.05) is 74.3 Å². The van der Waals surface area contributed by atoms with Gasteiger partial charge in [0, 0.05) is 9.30 Å². The van der Waals surface area contributed by atoms with Gasteiger partial charge >= 0.3 is 0 Å². The summed E-state index contributed by atoms with van der Waals surface area (Å²) < 4.78 is 14.8. The molecule has 3 heteroatoms. The molecule has 0 saturated carbocycles. The maximum Gasteiger partial charge on any atom is 0.126 e. The van der Waals surface area contributed by atoms with Crippen molar-refractivity contribution in [3.05, 3.63) is 82.1 Å². The van der Waals surface area contributed by atoms with Crippen molar-refractivity contribution in [2.75, 3.05) is 0 Å². The van der Waals surface area contributed by atoms with Crippen LogP contribution in [-0.4, -0.2) is 0 Å². The Morgan fingerprint density at radius 3 is 2.43 bits per heavy atom. The topological polar surface area (TPSA) is 0 Å². The fourth-order valence-electron chi connectivity index (χ4n) is 2.40. The second-order valence-electron chi connectivity index (χ2n) is 5.01. The predicted octanol–water partition coefficient (Wildman–Crippen LogP) is 6.42. The van der Waals surface area contributed by atoms with E-state index in [-0.39, 0.29) is 10.6 Å². The summed E-state index contributed by atoms with van der Waals surface area (Å²) in [6.45, 7) is 0. The van der Waals surface area contributed by atoms with E-state index in [9.17, 15) is 4.39 Å². The molecule has 0 nitrogen and oxygen atoms in total. The van der Waals surface area contributed by atoms with Gasteiger partial charge in [-0.25, -0.2) is 4.39 Å². The monoisotopic (exact) mass is 406 g/mol. The maximum atomic E-state index is 13.7. The van der Waals surface area contributed by atoms with Gasteiger partial charge in [-0.3, -0.25) is 0 Å². The molecule has 0 radical (unpaired) electrons. The van der Waals surface area contributed by atoms with Gasteiger partial charge < -0.3 is 0 Å². The third-order valence-corrected chi connectivity index (χ3v) is 4.89. The molecule has 0 aliphatic carbocycles. The van der Waals surface area contributed by atoms with Crippen LogP contribution < -0.4 is 0 Å². The van der Waals surface area contributed by atoms with Gasteiger partial charge in [-0.2, -0.15) is 0 Å². The zero-order valence-electron chi connectivity index (χ0n) is 11.2. The molecule has 0 saturated heterocycles. The van der Waals surface area contributed by atoms with Crippen molar-refractivity contribution < 1.29 is 4.39 Å². The van der Waals surface area contributed by atoms with Gasteiger partial charge in [0.1, 0.15) is 5.82 Å². The minimum Gasteiger partial charge on any atom is -0.207 e. The highest BCUT2D eigenvalue weighted by Gasteiger charge is 2.11. The van der Waals surface area contributed by atoms with Crippen molar-refractivity contribution in [1.29, 1.82) is 0 Å². The normalized spacial score (nSPS) is 12.5. The summed E-state index contributed by atoms with van der Waals surface area (Å²) in [6.07, 6.45) is 0.634. The second kappa shape index (κ2) is 6.29. The summed E-state index contributed by atoms with van der Waals surface area (Å²) in [5, 5.41) is 2.38. The lowest BCUT2D eigenvalue weighted by Gasteiger charge is -2.12. The highest BCUT2D eigenvalue weighted by atomic mass is 79.9. The first-order valence-electron chi connectivity index (χ1n) is 6.70. The third kappa shape index (κ3) is 3.35. The van der Waals surface area contributed by atoms with E-state index in [1.54, 1.807) is 6.07 Å². The minimum atomic E-state index is -0.147. The third-order valence-electron chi connectivity index (χ3n) is 3.55. The van der Waals surface area contributed by atoms with E-state index in [1.165, 1.54) is 16.8 Å². The molecule has 0 spiro atoms. The Hall–Kier alpha value is -1.19. The standard InChI is InChI=1S/C18H13Br2F/c19-16-8-7-12-9-14(6-5-13(12)10-16)17(20)11-15-3-1-2-4-18(15)21/h1-10,17H,11H2. The van der Waals surface area contributed by atoms with Crippen LogP contribution in [0.25, 0.3) is 10.8 Å². The van der Waals surface area contributed by atoms with E-state index in [0.29, 0.717) is 6.42 Å². The van der Waals surface area contributed by atoms with Crippen LogP contribution in [0, 0.1) is 5.82 Å². The van der Waals surface area contributed by atoms with Gasteiger partial charge in [-0.05, 0) is 46.5 Å². The molecule has 0 heterocycles. The highest BCUT2D eigenvalue weighted by Crippen LogP contribution is 2.31. The molecular formula is C18H13Br2F. The molecule has 3 aromatic carbocycles. The lowest BCUT2D eigenvalue weighted by atomic mass is 10.0. The van der Waals surface area contributed by atoms with Crippen LogP contribution in [0.3, 0.4) is 0 Å². The SMILES string of the molecule is Fc1ccccc1CC(Br)c1ccc2cc(Br)ccc2c1. The molecule has 0 bridgehead atoms. The Morgan fingerprint density at radius 1 is 0.905 bits per heavy atom. The molecule has 106 valence electrons. The fourth-order valence-corrected chi connectivity index (χ4v) is 3.42. The van der Waals surface area contributed by atoms with Crippen LogP contribution in [0.4, 0.5) is 4.39 Å². The van der Waals surface area contributed by atoms with E-state index in [0.717, 1.165) is 15.6 Å². The molecule has 1 unspecified atom stereocenters. The lowest BCUT2D eigenvalue weighted by molar-refractivity contribution is 0.608. The Bertz CT molecular complexity index is 783. The molecule has 3 rings (SSSR count). The number of hydrogen-bond acceptors (Lipinski definition) is 0. The smallest absolute Gasteiger partial charge is 0.126 e. The summed E-state index contributed by atoms with van der Waals surface area (Å²) in [5.41, 5.74) is 1.89. The molecule has 21 heavy (non-hydrogen) atoms. The molecule has 3 aromatic rings. The predicted molar refractivity (Wildman–Crippen MR) is 93.4 cm³/mol. The van der Waals surface area contributed by atoms with Crippen LogP contribution in [0.15, 0.2) is 65.1 Å². The first-order chi connectivity index (χ1) is 10.1. The first-order valence-corrected chi connectivity index (χ1v) is 8.41. The number of alkyl halides is 1. The van der Waals surface area contributed by atoms with E-state index in [2.05, 4.69) is 62.2 Å². The molecule has 0 fully saturated rings.